The number of amides is 2. The molecular weight excluding hydrogens is 364 g/mol. The topological polar surface area (TPSA) is 97.9 Å². The van der Waals surface area contributed by atoms with E-state index in [1.165, 1.54) is 17.6 Å². The van der Waals surface area contributed by atoms with Crippen molar-refractivity contribution in [2.24, 2.45) is 0 Å². The predicted molar refractivity (Wildman–Crippen MR) is 114 cm³/mol. The van der Waals surface area contributed by atoms with Crippen molar-refractivity contribution in [2.75, 3.05) is 16.4 Å². The van der Waals surface area contributed by atoms with Crippen LogP contribution in [-0.4, -0.2) is 20.6 Å². The molecule has 2 aromatic carbocycles. The van der Waals surface area contributed by atoms with Gasteiger partial charge in [0.05, 0.1) is 5.52 Å². The molecule has 29 heavy (non-hydrogen) atoms. The van der Waals surface area contributed by atoms with Gasteiger partial charge in [-0.2, -0.15) is 0 Å². The first kappa shape index (κ1) is 17.2. The minimum absolute atomic E-state index is 0.283. The fraction of sp³-hybridized carbons (Fsp3) is 0.136. The highest BCUT2D eigenvalue weighted by Gasteiger charge is 2.25. The van der Waals surface area contributed by atoms with Gasteiger partial charge in [0.25, 0.3) is 0 Å². The van der Waals surface area contributed by atoms with Gasteiger partial charge in [-0.15, -0.1) is 0 Å². The number of aryl methyl sites for hydroxylation is 1. The van der Waals surface area contributed by atoms with Crippen LogP contribution in [0.15, 0.2) is 60.9 Å². The van der Waals surface area contributed by atoms with Crippen molar-refractivity contribution in [3.8, 4) is 5.69 Å². The molecule has 2 aromatic heterocycles. The van der Waals surface area contributed by atoms with Gasteiger partial charge in [-0.1, -0.05) is 18.2 Å². The maximum absolute atomic E-state index is 12.2. The predicted octanol–water partition coefficient (Wildman–Crippen LogP) is 4.14. The smallest absolute Gasteiger partial charge is 0.323 e. The summed E-state index contributed by atoms with van der Waals surface area (Å²) in [4.78, 5) is 20.9. The number of fused-ring (bicyclic) bond motifs is 3. The second-order valence-corrected chi connectivity index (χ2v) is 7.06. The summed E-state index contributed by atoms with van der Waals surface area (Å²) >= 11 is 0. The molecule has 1 aliphatic carbocycles. The van der Waals surface area contributed by atoms with Crippen LogP contribution in [0, 0.1) is 0 Å². The monoisotopic (exact) mass is 384 g/mol. The largest absolute Gasteiger partial charge is 0.382 e. The molecule has 144 valence electrons. The molecule has 0 bridgehead atoms. The molecule has 7 heteroatoms. The number of nitrogen functional groups attached to an aromatic ring is 1. The van der Waals surface area contributed by atoms with Gasteiger partial charge in [-0.3, -0.25) is 0 Å². The first-order valence-corrected chi connectivity index (χ1v) is 9.57. The van der Waals surface area contributed by atoms with Crippen molar-refractivity contribution in [3.05, 3.63) is 72.2 Å². The van der Waals surface area contributed by atoms with Gasteiger partial charge in [0.2, 0.25) is 0 Å². The van der Waals surface area contributed by atoms with Gasteiger partial charge in [-0.05, 0) is 61.2 Å². The average Bonchev–Trinajstić information content (AvgIpc) is 3.31. The maximum Gasteiger partial charge on any atom is 0.323 e. The van der Waals surface area contributed by atoms with E-state index < -0.39 is 0 Å². The summed E-state index contributed by atoms with van der Waals surface area (Å²) in [6.07, 6.45) is 4.64. The lowest BCUT2D eigenvalue weighted by molar-refractivity contribution is 0.262. The molecule has 0 unspecified atom stereocenters. The van der Waals surface area contributed by atoms with Crippen molar-refractivity contribution in [1.29, 1.82) is 0 Å². The molecular formula is C22H20N6O. The standard InChI is InChI=1S/C22H20N6O/c23-21-20-19(24-13-25-21)17-7-4-8-18(17)28(20)16-11-9-15(10-12-16)27-22(29)26-14-5-2-1-3-6-14/h1-3,5-6,9-13H,4,7-8H2,(H2,23,24,25)(H2,26,27,29). The Morgan fingerprint density at radius 1 is 0.931 bits per heavy atom. The van der Waals surface area contributed by atoms with Gasteiger partial charge in [0.1, 0.15) is 11.8 Å². The number of rotatable bonds is 3. The molecule has 7 nitrogen and oxygen atoms in total. The summed E-state index contributed by atoms with van der Waals surface area (Å²) in [6.45, 7) is 0. The molecule has 0 atom stereocenters. The highest BCUT2D eigenvalue weighted by molar-refractivity contribution is 5.99. The lowest BCUT2D eigenvalue weighted by Crippen LogP contribution is -2.19. The zero-order valence-corrected chi connectivity index (χ0v) is 15.7. The zero-order chi connectivity index (χ0) is 19.8. The molecule has 5 rings (SSSR count). The number of nitrogens with zero attached hydrogens (tertiary/aromatic N) is 3. The Kier molecular flexibility index (Phi) is 4.13. The van der Waals surface area contributed by atoms with Crippen LogP contribution in [0.5, 0.6) is 0 Å². The number of aromatic nitrogens is 3. The number of urea groups is 1. The second-order valence-electron chi connectivity index (χ2n) is 7.06. The van der Waals surface area contributed by atoms with Gasteiger partial charge in [-0.25, -0.2) is 14.8 Å². The molecule has 0 saturated heterocycles. The molecule has 0 saturated carbocycles. The van der Waals surface area contributed by atoms with E-state index in [9.17, 15) is 4.79 Å². The van der Waals surface area contributed by atoms with E-state index in [0.29, 0.717) is 11.5 Å². The van der Waals surface area contributed by atoms with Crippen molar-refractivity contribution in [2.45, 2.75) is 19.3 Å². The number of hydrogen-bond acceptors (Lipinski definition) is 4. The normalized spacial score (nSPS) is 12.7. The van der Waals surface area contributed by atoms with E-state index in [1.807, 2.05) is 54.6 Å². The third-order valence-electron chi connectivity index (χ3n) is 5.23. The Balaban J connectivity index is 1.43. The summed E-state index contributed by atoms with van der Waals surface area (Å²) in [5.74, 6) is 0.480. The van der Waals surface area contributed by atoms with Crippen LogP contribution in [0.4, 0.5) is 22.0 Å². The summed E-state index contributed by atoms with van der Waals surface area (Å²) in [6, 6.07) is 16.8. The third kappa shape index (κ3) is 3.06. The quantitative estimate of drug-likeness (QED) is 0.494. The number of nitrogens with two attached hydrogens (primary N) is 1. The molecule has 0 fully saturated rings. The van der Waals surface area contributed by atoms with Gasteiger partial charge in [0.15, 0.2) is 5.82 Å². The van der Waals surface area contributed by atoms with Crippen LogP contribution < -0.4 is 16.4 Å². The van der Waals surface area contributed by atoms with Crippen molar-refractivity contribution in [1.82, 2.24) is 14.5 Å². The summed E-state index contributed by atoms with van der Waals surface area (Å²) in [5.41, 5.74) is 12.9. The first-order valence-electron chi connectivity index (χ1n) is 9.57. The Morgan fingerprint density at radius 3 is 2.41 bits per heavy atom. The number of carbonyl (C=O) groups excluding carboxylic acids is 1. The summed E-state index contributed by atoms with van der Waals surface area (Å²) in [7, 11) is 0. The number of anilines is 3. The molecule has 0 radical (unpaired) electrons. The highest BCUT2D eigenvalue weighted by Crippen LogP contribution is 2.36. The third-order valence-corrected chi connectivity index (χ3v) is 5.23. The summed E-state index contributed by atoms with van der Waals surface area (Å²) in [5, 5.41) is 5.66. The number of carbonyl (C=O) groups is 1. The molecule has 1 aliphatic rings. The first-order chi connectivity index (χ1) is 14.2. The van der Waals surface area contributed by atoms with Crippen molar-refractivity contribution < 1.29 is 4.79 Å². The average molecular weight is 384 g/mol. The van der Waals surface area contributed by atoms with E-state index in [-0.39, 0.29) is 6.03 Å². The number of hydrogen-bond donors (Lipinski definition) is 3. The van der Waals surface area contributed by atoms with Crippen LogP contribution in [0.25, 0.3) is 16.7 Å². The minimum atomic E-state index is -0.283. The van der Waals surface area contributed by atoms with E-state index in [1.54, 1.807) is 0 Å². The molecule has 4 aromatic rings. The van der Waals surface area contributed by atoms with Gasteiger partial charge >= 0.3 is 6.03 Å². The van der Waals surface area contributed by atoms with E-state index >= 15 is 0 Å². The van der Waals surface area contributed by atoms with E-state index in [2.05, 4.69) is 25.2 Å². The Bertz CT molecular complexity index is 1200. The van der Waals surface area contributed by atoms with Crippen molar-refractivity contribution >= 4 is 34.3 Å². The van der Waals surface area contributed by atoms with Crippen LogP contribution in [-0.2, 0) is 12.8 Å². The highest BCUT2D eigenvalue weighted by atomic mass is 16.2. The fourth-order valence-corrected chi connectivity index (χ4v) is 3.99. The number of nitrogens with one attached hydrogen (secondary N) is 2. The van der Waals surface area contributed by atoms with Gasteiger partial charge < -0.3 is 20.9 Å². The lowest BCUT2D eigenvalue weighted by atomic mass is 10.2. The SMILES string of the molecule is Nc1ncnc2c3c(n(-c4ccc(NC(=O)Nc5ccccc5)cc4)c12)CCC3. The number of benzene rings is 2. The molecule has 4 N–H and O–H groups in total. The Labute approximate surface area is 167 Å². The molecule has 2 heterocycles. The van der Waals surface area contributed by atoms with Crippen LogP contribution in [0.2, 0.25) is 0 Å². The van der Waals surface area contributed by atoms with Crippen LogP contribution in [0.3, 0.4) is 0 Å². The van der Waals surface area contributed by atoms with E-state index in [4.69, 9.17) is 5.73 Å². The number of para-hydroxylation sites is 1. The molecule has 2 amide bonds. The van der Waals surface area contributed by atoms with Crippen molar-refractivity contribution in [3.63, 3.8) is 0 Å². The Morgan fingerprint density at radius 2 is 1.66 bits per heavy atom. The second kappa shape index (κ2) is 6.94. The minimum Gasteiger partial charge on any atom is -0.382 e. The fourth-order valence-electron chi connectivity index (χ4n) is 3.99. The zero-order valence-electron chi connectivity index (χ0n) is 15.7. The molecule has 0 spiro atoms. The summed E-state index contributed by atoms with van der Waals surface area (Å²) < 4.78 is 2.15. The maximum atomic E-state index is 12.2. The van der Waals surface area contributed by atoms with Gasteiger partial charge in [0, 0.05) is 22.8 Å². The lowest BCUT2D eigenvalue weighted by Gasteiger charge is -2.12. The van der Waals surface area contributed by atoms with E-state index in [0.717, 1.165) is 41.7 Å². The molecule has 0 aliphatic heterocycles. The van der Waals surface area contributed by atoms with Crippen LogP contribution in [0.1, 0.15) is 17.7 Å². The van der Waals surface area contributed by atoms with Crippen LogP contribution >= 0.6 is 0 Å². The Hall–Kier alpha value is -3.87.